The van der Waals surface area contributed by atoms with Crippen molar-refractivity contribution < 1.29 is 4.74 Å². The summed E-state index contributed by atoms with van der Waals surface area (Å²) in [5, 5.41) is 0. The number of rotatable bonds is 1. The molecule has 2 heterocycles. The van der Waals surface area contributed by atoms with Gasteiger partial charge in [-0.15, -0.1) is 0 Å². The molecule has 0 aromatic rings. The minimum Gasteiger partial charge on any atom is -0.378 e. The summed E-state index contributed by atoms with van der Waals surface area (Å²) >= 11 is 0. The van der Waals surface area contributed by atoms with Crippen molar-refractivity contribution in [2.24, 2.45) is 15.9 Å². The van der Waals surface area contributed by atoms with Crippen LogP contribution in [0.5, 0.6) is 0 Å². The number of morpholine rings is 1. The Bertz CT molecular complexity index is 267. The van der Waals surface area contributed by atoms with Crippen molar-refractivity contribution in [3.8, 4) is 0 Å². The van der Waals surface area contributed by atoms with Crippen molar-refractivity contribution >= 4 is 12.1 Å². The van der Waals surface area contributed by atoms with Crippen LogP contribution < -0.4 is 0 Å². The molecule has 4 heteroatoms. The van der Waals surface area contributed by atoms with Crippen molar-refractivity contribution in [3.63, 3.8) is 0 Å². The van der Waals surface area contributed by atoms with Crippen LogP contribution in [0.3, 0.4) is 0 Å². The third-order valence-corrected chi connectivity index (χ3v) is 2.90. The number of hydrogen-bond donors (Lipinski definition) is 0. The Balaban J connectivity index is 2.03. The van der Waals surface area contributed by atoms with E-state index in [4.69, 9.17) is 9.73 Å². The highest BCUT2D eigenvalue weighted by Crippen LogP contribution is 2.11. The summed E-state index contributed by atoms with van der Waals surface area (Å²) in [4.78, 5) is 11.4. The molecule has 2 aliphatic rings. The molecule has 1 atom stereocenters. The van der Waals surface area contributed by atoms with Gasteiger partial charge in [0.15, 0.2) is 0 Å². The van der Waals surface area contributed by atoms with Gasteiger partial charge in [0.25, 0.3) is 0 Å². The first-order valence-corrected chi connectivity index (χ1v) is 5.67. The lowest BCUT2D eigenvalue weighted by Crippen LogP contribution is -2.43. The minimum absolute atomic E-state index is 0.354. The fraction of sp³-hybridized carbons (Fsp3) is 0.818. The van der Waals surface area contributed by atoms with Gasteiger partial charge in [0.05, 0.1) is 32.0 Å². The average Bonchev–Trinajstić information content (AvgIpc) is 2.30. The lowest BCUT2D eigenvalue weighted by atomic mass is 10.0. The first-order chi connectivity index (χ1) is 7.27. The van der Waals surface area contributed by atoms with Crippen molar-refractivity contribution in [3.05, 3.63) is 0 Å². The fourth-order valence-electron chi connectivity index (χ4n) is 1.80. The van der Waals surface area contributed by atoms with Crippen molar-refractivity contribution in [1.29, 1.82) is 0 Å². The summed E-state index contributed by atoms with van der Waals surface area (Å²) in [7, 11) is 0. The SMILES string of the molecule is CC(C)C1CN=CC(N2CCOCC2)=N1. The quantitative estimate of drug-likeness (QED) is 0.641. The molecule has 1 saturated heterocycles. The van der Waals surface area contributed by atoms with Gasteiger partial charge in [-0.1, -0.05) is 13.8 Å². The molecule has 1 unspecified atom stereocenters. The molecule has 0 N–H and O–H groups in total. The molecule has 2 aliphatic heterocycles. The Morgan fingerprint density at radius 2 is 2.13 bits per heavy atom. The van der Waals surface area contributed by atoms with Crippen LogP contribution in [0.2, 0.25) is 0 Å². The lowest BCUT2D eigenvalue weighted by Gasteiger charge is -2.31. The smallest absolute Gasteiger partial charge is 0.142 e. The molecule has 0 aromatic heterocycles. The highest BCUT2D eigenvalue weighted by molar-refractivity contribution is 6.29. The van der Waals surface area contributed by atoms with Gasteiger partial charge in [0, 0.05) is 13.1 Å². The third-order valence-electron chi connectivity index (χ3n) is 2.90. The largest absolute Gasteiger partial charge is 0.378 e. The second kappa shape index (κ2) is 4.75. The summed E-state index contributed by atoms with van der Waals surface area (Å²) in [5.74, 6) is 1.61. The minimum atomic E-state index is 0.354. The van der Waals surface area contributed by atoms with E-state index in [1.54, 1.807) is 0 Å². The maximum atomic E-state index is 5.32. The zero-order chi connectivity index (χ0) is 10.7. The predicted octanol–water partition coefficient (Wildman–Crippen LogP) is 0.826. The zero-order valence-electron chi connectivity index (χ0n) is 9.52. The van der Waals surface area contributed by atoms with E-state index in [-0.39, 0.29) is 0 Å². The van der Waals surface area contributed by atoms with Gasteiger partial charge in [-0.3, -0.25) is 9.98 Å². The normalized spacial score (nSPS) is 27.0. The van der Waals surface area contributed by atoms with E-state index >= 15 is 0 Å². The second-order valence-corrected chi connectivity index (χ2v) is 4.39. The van der Waals surface area contributed by atoms with Crippen molar-refractivity contribution in [2.45, 2.75) is 19.9 Å². The first kappa shape index (κ1) is 10.6. The van der Waals surface area contributed by atoms with E-state index in [2.05, 4.69) is 23.7 Å². The third kappa shape index (κ3) is 2.56. The summed E-state index contributed by atoms with van der Waals surface area (Å²) in [6.07, 6.45) is 1.91. The molecule has 2 rings (SSSR count). The van der Waals surface area contributed by atoms with Crippen LogP contribution in [0.1, 0.15) is 13.8 Å². The van der Waals surface area contributed by atoms with Crippen LogP contribution >= 0.6 is 0 Å². The van der Waals surface area contributed by atoms with E-state index in [1.165, 1.54) is 0 Å². The highest BCUT2D eigenvalue weighted by Gasteiger charge is 2.20. The van der Waals surface area contributed by atoms with Gasteiger partial charge in [-0.05, 0) is 5.92 Å². The second-order valence-electron chi connectivity index (χ2n) is 4.39. The number of amidine groups is 1. The number of aliphatic imine (C=N–C) groups is 2. The summed E-state index contributed by atoms with van der Waals surface area (Å²) in [6, 6.07) is 0.354. The lowest BCUT2D eigenvalue weighted by molar-refractivity contribution is 0.0686. The molecule has 0 aliphatic carbocycles. The van der Waals surface area contributed by atoms with E-state index in [0.29, 0.717) is 12.0 Å². The molecule has 0 saturated carbocycles. The highest BCUT2D eigenvalue weighted by atomic mass is 16.5. The van der Waals surface area contributed by atoms with Crippen LogP contribution in [-0.2, 0) is 4.74 Å². The van der Waals surface area contributed by atoms with E-state index in [1.807, 2.05) is 6.21 Å². The predicted molar refractivity (Wildman–Crippen MR) is 61.8 cm³/mol. The Hall–Kier alpha value is -0.900. The van der Waals surface area contributed by atoms with E-state index in [0.717, 1.165) is 38.7 Å². The Morgan fingerprint density at radius 3 is 2.80 bits per heavy atom. The van der Waals surface area contributed by atoms with Crippen molar-refractivity contribution in [1.82, 2.24) is 4.90 Å². The van der Waals surface area contributed by atoms with Gasteiger partial charge in [-0.2, -0.15) is 0 Å². The Kier molecular flexibility index (Phi) is 3.36. The average molecular weight is 209 g/mol. The summed E-state index contributed by atoms with van der Waals surface area (Å²) in [5.41, 5.74) is 0. The van der Waals surface area contributed by atoms with Gasteiger partial charge in [0.2, 0.25) is 0 Å². The van der Waals surface area contributed by atoms with Crippen LogP contribution in [0.25, 0.3) is 0 Å². The van der Waals surface area contributed by atoms with Crippen LogP contribution in [-0.4, -0.2) is 55.8 Å². The first-order valence-electron chi connectivity index (χ1n) is 5.67. The topological polar surface area (TPSA) is 37.2 Å². The van der Waals surface area contributed by atoms with Crippen molar-refractivity contribution in [2.75, 3.05) is 32.8 Å². The Labute approximate surface area is 91.0 Å². The summed E-state index contributed by atoms with van der Waals surface area (Å²) in [6.45, 7) is 8.73. The van der Waals surface area contributed by atoms with Gasteiger partial charge in [-0.25, -0.2) is 0 Å². The molecule has 1 fully saturated rings. The molecule has 0 radical (unpaired) electrons. The molecular weight excluding hydrogens is 190 g/mol. The molecule has 4 nitrogen and oxygen atoms in total. The van der Waals surface area contributed by atoms with Crippen LogP contribution in [0.4, 0.5) is 0 Å². The molecular formula is C11H19N3O. The zero-order valence-corrected chi connectivity index (χ0v) is 9.52. The van der Waals surface area contributed by atoms with Gasteiger partial charge in [0.1, 0.15) is 5.84 Å². The van der Waals surface area contributed by atoms with Crippen LogP contribution in [0, 0.1) is 5.92 Å². The molecule has 0 aromatic carbocycles. The van der Waals surface area contributed by atoms with E-state index in [9.17, 15) is 0 Å². The van der Waals surface area contributed by atoms with Gasteiger partial charge < -0.3 is 9.64 Å². The summed E-state index contributed by atoms with van der Waals surface area (Å²) < 4.78 is 5.32. The van der Waals surface area contributed by atoms with E-state index < -0.39 is 0 Å². The maximum absolute atomic E-state index is 5.32. The Morgan fingerprint density at radius 1 is 1.40 bits per heavy atom. The molecule has 84 valence electrons. The molecule has 0 bridgehead atoms. The number of ether oxygens (including phenoxy) is 1. The van der Waals surface area contributed by atoms with Crippen LogP contribution in [0.15, 0.2) is 9.98 Å². The monoisotopic (exact) mass is 209 g/mol. The maximum Gasteiger partial charge on any atom is 0.142 e. The fourth-order valence-corrected chi connectivity index (χ4v) is 1.80. The molecule has 0 spiro atoms. The van der Waals surface area contributed by atoms with Gasteiger partial charge >= 0.3 is 0 Å². The number of nitrogens with zero attached hydrogens (tertiary/aromatic N) is 3. The standard InChI is InChI=1S/C11H19N3O/c1-9(2)10-7-12-8-11(13-10)14-3-5-15-6-4-14/h8-10H,3-7H2,1-2H3. The number of hydrogen-bond acceptors (Lipinski definition) is 4. The molecule has 15 heavy (non-hydrogen) atoms. The molecule has 0 amide bonds.